The maximum absolute atomic E-state index is 4.35. The summed E-state index contributed by atoms with van der Waals surface area (Å²) in [5.74, 6) is 0.612. The second kappa shape index (κ2) is 5.72. The average molecular weight is 293 g/mol. The van der Waals surface area contributed by atoms with Crippen LogP contribution in [0, 0.1) is 0 Å². The van der Waals surface area contributed by atoms with E-state index in [1.807, 2.05) is 6.07 Å². The van der Waals surface area contributed by atoms with Crippen LogP contribution in [0.3, 0.4) is 0 Å². The molecule has 2 aromatic rings. The summed E-state index contributed by atoms with van der Waals surface area (Å²) in [5, 5.41) is 3.16. The molecule has 0 saturated carbocycles. The van der Waals surface area contributed by atoms with Gasteiger partial charge in [-0.25, -0.2) is 9.97 Å². The first-order valence-electron chi connectivity index (χ1n) is 5.43. The minimum Gasteiger partial charge on any atom is -0.349 e. The van der Waals surface area contributed by atoms with Gasteiger partial charge in [-0.2, -0.15) is 0 Å². The molecule has 5 heteroatoms. The molecule has 17 heavy (non-hydrogen) atoms. The molecule has 0 bridgehead atoms. The zero-order chi connectivity index (χ0) is 12.1. The lowest BCUT2D eigenvalue weighted by atomic mass is 10.1. The largest absolute Gasteiger partial charge is 0.349 e. The summed E-state index contributed by atoms with van der Waals surface area (Å²) in [4.78, 5) is 12.7. The zero-order valence-electron chi connectivity index (χ0n) is 9.52. The Kier molecular flexibility index (Phi) is 4.03. The second-order valence-electron chi connectivity index (χ2n) is 3.54. The van der Waals surface area contributed by atoms with Crippen molar-refractivity contribution < 1.29 is 0 Å². The third-order valence-corrected chi connectivity index (χ3v) is 2.81. The zero-order valence-corrected chi connectivity index (χ0v) is 11.1. The molecule has 2 aromatic heterocycles. The van der Waals surface area contributed by atoms with E-state index in [9.17, 15) is 0 Å². The Labute approximate surface area is 109 Å². The van der Waals surface area contributed by atoms with Crippen molar-refractivity contribution in [3.8, 4) is 0 Å². The molecule has 2 heterocycles. The predicted molar refractivity (Wildman–Crippen MR) is 70.7 cm³/mol. The monoisotopic (exact) mass is 292 g/mol. The van der Waals surface area contributed by atoms with Gasteiger partial charge in [0, 0.05) is 18.6 Å². The minimum atomic E-state index is 0.612. The van der Waals surface area contributed by atoms with Gasteiger partial charge in [0.2, 0.25) is 5.95 Å². The molecule has 0 radical (unpaired) electrons. The summed E-state index contributed by atoms with van der Waals surface area (Å²) < 4.78 is 0.870. The molecule has 2 rings (SSSR count). The molecule has 0 aliphatic carbocycles. The van der Waals surface area contributed by atoms with E-state index >= 15 is 0 Å². The molecule has 1 N–H and O–H groups in total. The van der Waals surface area contributed by atoms with Crippen molar-refractivity contribution in [1.82, 2.24) is 15.0 Å². The molecule has 0 aliphatic rings. The number of pyridine rings is 1. The van der Waals surface area contributed by atoms with Gasteiger partial charge in [-0.15, -0.1) is 0 Å². The average Bonchev–Trinajstić information content (AvgIpc) is 2.38. The number of nitrogens with one attached hydrogen (secondary N) is 1. The van der Waals surface area contributed by atoms with Crippen LogP contribution in [0.25, 0.3) is 0 Å². The normalized spacial score (nSPS) is 10.2. The number of aryl methyl sites for hydroxylation is 1. The summed E-state index contributed by atoms with van der Waals surface area (Å²) in [6.07, 6.45) is 6.22. The smallest absolute Gasteiger partial charge is 0.222 e. The van der Waals surface area contributed by atoms with E-state index in [4.69, 9.17) is 0 Å². The Morgan fingerprint density at radius 3 is 2.71 bits per heavy atom. The van der Waals surface area contributed by atoms with E-state index in [0.29, 0.717) is 12.5 Å². The van der Waals surface area contributed by atoms with Gasteiger partial charge < -0.3 is 5.32 Å². The first-order valence-corrected chi connectivity index (χ1v) is 6.23. The fourth-order valence-corrected chi connectivity index (χ4v) is 1.72. The molecule has 0 amide bonds. The van der Waals surface area contributed by atoms with Crippen LogP contribution in [0.15, 0.2) is 35.2 Å². The van der Waals surface area contributed by atoms with Crippen molar-refractivity contribution >= 4 is 21.9 Å². The van der Waals surface area contributed by atoms with Gasteiger partial charge >= 0.3 is 0 Å². The van der Waals surface area contributed by atoms with Crippen molar-refractivity contribution in [2.24, 2.45) is 0 Å². The van der Waals surface area contributed by atoms with Crippen LogP contribution < -0.4 is 5.32 Å². The standard InChI is InChI=1S/C12H13BrN4/c1-2-9-4-3-5-14-11(9)8-17-12-15-6-10(13)7-16-12/h3-7H,2,8H2,1H3,(H,15,16,17). The van der Waals surface area contributed by atoms with Crippen LogP contribution in [0.4, 0.5) is 5.95 Å². The molecule has 0 aromatic carbocycles. The number of rotatable bonds is 4. The van der Waals surface area contributed by atoms with E-state index in [2.05, 4.69) is 49.2 Å². The first-order chi connectivity index (χ1) is 8.29. The van der Waals surface area contributed by atoms with Crippen molar-refractivity contribution in [2.45, 2.75) is 19.9 Å². The molecular weight excluding hydrogens is 280 g/mol. The van der Waals surface area contributed by atoms with Crippen molar-refractivity contribution in [3.05, 3.63) is 46.5 Å². The van der Waals surface area contributed by atoms with Crippen LogP contribution in [-0.2, 0) is 13.0 Å². The molecule has 0 spiro atoms. The molecular formula is C12H13BrN4. The van der Waals surface area contributed by atoms with Crippen LogP contribution >= 0.6 is 15.9 Å². The lowest BCUT2D eigenvalue weighted by molar-refractivity contribution is 0.950. The van der Waals surface area contributed by atoms with Crippen LogP contribution in [0.2, 0.25) is 0 Å². The fraction of sp³-hybridized carbons (Fsp3) is 0.250. The molecule has 0 aliphatic heterocycles. The molecule has 0 atom stereocenters. The Hall–Kier alpha value is -1.49. The fourth-order valence-electron chi connectivity index (χ4n) is 1.52. The minimum absolute atomic E-state index is 0.612. The van der Waals surface area contributed by atoms with Crippen molar-refractivity contribution in [3.63, 3.8) is 0 Å². The van der Waals surface area contributed by atoms with Gasteiger partial charge in [0.25, 0.3) is 0 Å². The van der Waals surface area contributed by atoms with Gasteiger partial charge in [0.05, 0.1) is 16.7 Å². The number of halogens is 1. The summed E-state index contributed by atoms with van der Waals surface area (Å²) in [5.41, 5.74) is 2.29. The molecule has 0 unspecified atom stereocenters. The number of anilines is 1. The maximum atomic E-state index is 4.35. The number of hydrogen-bond donors (Lipinski definition) is 1. The van der Waals surface area contributed by atoms with Crippen molar-refractivity contribution in [2.75, 3.05) is 5.32 Å². The summed E-state index contributed by atoms with van der Waals surface area (Å²) >= 11 is 3.30. The van der Waals surface area contributed by atoms with E-state index in [1.165, 1.54) is 5.56 Å². The van der Waals surface area contributed by atoms with Gasteiger partial charge in [0.1, 0.15) is 0 Å². The van der Waals surface area contributed by atoms with E-state index in [1.54, 1.807) is 18.6 Å². The van der Waals surface area contributed by atoms with Gasteiger partial charge in [-0.3, -0.25) is 4.98 Å². The summed E-state index contributed by atoms with van der Waals surface area (Å²) in [6, 6.07) is 4.05. The second-order valence-corrected chi connectivity index (χ2v) is 4.46. The van der Waals surface area contributed by atoms with Crippen molar-refractivity contribution in [1.29, 1.82) is 0 Å². The van der Waals surface area contributed by atoms with E-state index < -0.39 is 0 Å². The number of hydrogen-bond acceptors (Lipinski definition) is 4. The molecule has 4 nitrogen and oxygen atoms in total. The SMILES string of the molecule is CCc1cccnc1CNc1ncc(Br)cn1. The Morgan fingerprint density at radius 1 is 1.24 bits per heavy atom. The van der Waals surface area contributed by atoms with Crippen LogP contribution in [0.1, 0.15) is 18.2 Å². The highest BCUT2D eigenvalue weighted by Crippen LogP contribution is 2.10. The number of nitrogens with zero attached hydrogens (tertiary/aromatic N) is 3. The topological polar surface area (TPSA) is 50.7 Å². The quantitative estimate of drug-likeness (QED) is 0.941. The Bertz CT molecular complexity index is 484. The maximum Gasteiger partial charge on any atom is 0.222 e. The van der Waals surface area contributed by atoms with Gasteiger partial charge in [-0.1, -0.05) is 13.0 Å². The molecule has 88 valence electrons. The molecule has 0 saturated heterocycles. The lowest BCUT2D eigenvalue weighted by Gasteiger charge is -2.07. The van der Waals surface area contributed by atoms with E-state index in [0.717, 1.165) is 16.6 Å². The van der Waals surface area contributed by atoms with Crippen LogP contribution in [0.5, 0.6) is 0 Å². The summed E-state index contributed by atoms with van der Waals surface area (Å²) in [6.45, 7) is 2.77. The van der Waals surface area contributed by atoms with Gasteiger partial charge in [-0.05, 0) is 34.0 Å². The molecule has 0 fully saturated rings. The Morgan fingerprint density at radius 2 is 2.00 bits per heavy atom. The predicted octanol–water partition coefficient (Wildman–Crippen LogP) is 2.81. The Balaban J connectivity index is 2.04. The highest BCUT2D eigenvalue weighted by molar-refractivity contribution is 9.10. The first kappa shape index (κ1) is 12.0. The van der Waals surface area contributed by atoms with E-state index in [-0.39, 0.29) is 0 Å². The van der Waals surface area contributed by atoms with Gasteiger partial charge in [0.15, 0.2) is 0 Å². The lowest BCUT2D eigenvalue weighted by Crippen LogP contribution is -2.07. The third kappa shape index (κ3) is 3.23. The highest BCUT2D eigenvalue weighted by atomic mass is 79.9. The number of aromatic nitrogens is 3. The summed E-state index contributed by atoms with van der Waals surface area (Å²) in [7, 11) is 0. The van der Waals surface area contributed by atoms with Crippen LogP contribution in [-0.4, -0.2) is 15.0 Å². The third-order valence-electron chi connectivity index (χ3n) is 2.40. The highest BCUT2D eigenvalue weighted by Gasteiger charge is 2.02.